The van der Waals surface area contributed by atoms with Gasteiger partial charge < -0.3 is 4.74 Å². The Bertz CT molecular complexity index is 372. The normalized spacial score (nSPS) is 9.57. The van der Waals surface area contributed by atoms with E-state index in [1.54, 1.807) is 24.3 Å². The van der Waals surface area contributed by atoms with Crippen molar-refractivity contribution < 1.29 is 9.53 Å². The number of Topliss-reactive ketones (excluding diaryl/α,β-unsaturated/α-hetero) is 1. The fourth-order valence-electron chi connectivity index (χ4n) is 1.11. The smallest absolute Gasteiger partial charge is 0.165 e. The highest BCUT2D eigenvalue weighted by atomic mass is 16.5. The second-order valence-corrected chi connectivity index (χ2v) is 3.27. The number of carbonyl (C=O) groups excluding carboxylic acids is 1. The van der Waals surface area contributed by atoms with Crippen molar-refractivity contribution in [2.75, 3.05) is 0 Å². The summed E-state index contributed by atoms with van der Waals surface area (Å²) < 4.78 is 4.85. The highest BCUT2D eigenvalue weighted by molar-refractivity contribution is 5.97. The van der Waals surface area contributed by atoms with Crippen molar-refractivity contribution in [3.05, 3.63) is 29.8 Å². The van der Waals surface area contributed by atoms with E-state index in [-0.39, 0.29) is 11.7 Å². The largest absolute Gasteiger partial charge is 0.408 e. The molecular weight excluding hydrogens is 176 g/mol. The first-order chi connectivity index (χ1) is 6.65. The predicted molar refractivity (Wildman–Crippen MR) is 55.1 cm³/mol. The van der Waals surface area contributed by atoms with Crippen LogP contribution in [0.5, 0.6) is 5.75 Å². The highest BCUT2D eigenvalue weighted by Crippen LogP contribution is 2.15. The summed E-state index contributed by atoms with van der Waals surface area (Å²) in [7, 11) is 0. The number of terminal acetylenes is 1. The number of ketones is 1. The lowest BCUT2D eigenvalue weighted by Gasteiger charge is -2.04. The van der Waals surface area contributed by atoms with Gasteiger partial charge in [-0.1, -0.05) is 32.4 Å². The minimum atomic E-state index is -0.0175. The molecular formula is C12H12O2. The first-order valence-electron chi connectivity index (χ1n) is 4.42. The summed E-state index contributed by atoms with van der Waals surface area (Å²) in [6.45, 7) is 3.72. The maximum absolute atomic E-state index is 11.6. The van der Waals surface area contributed by atoms with E-state index in [1.165, 1.54) is 0 Å². The molecule has 0 amide bonds. The average molecular weight is 188 g/mol. The van der Waals surface area contributed by atoms with E-state index in [2.05, 4.69) is 6.11 Å². The fourth-order valence-corrected chi connectivity index (χ4v) is 1.11. The maximum atomic E-state index is 11.6. The fraction of sp³-hybridized carbons (Fsp3) is 0.250. The van der Waals surface area contributed by atoms with E-state index in [0.717, 1.165) is 0 Å². The summed E-state index contributed by atoms with van der Waals surface area (Å²) in [6, 6.07) is 6.88. The molecule has 1 aromatic carbocycles. The molecule has 0 unspecified atom stereocenters. The second-order valence-electron chi connectivity index (χ2n) is 3.27. The summed E-state index contributed by atoms with van der Waals surface area (Å²) >= 11 is 0. The van der Waals surface area contributed by atoms with E-state index in [1.807, 2.05) is 13.8 Å². The van der Waals surface area contributed by atoms with Crippen LogP contribution < -0.4 is 4.74 Å². The van der Waals surface area contributed by atoms with Crippen LogP contribution in [0.15, 0.2) is 24.3 Å². The van der Waals surface area contributed by atoms with Crippen LogP contribution in [0, 0.1) is 18.4 Å². The van der Waals surface area contributed by atoms with Gasteiger partial charge in [0.05, 0.1) is 0 Å². The standard InChI is InChI=1S/C12H12O2/c1-4-14-11-7-5-6-10(8-11)12(13)9(2)3/h1,5-9H,2-3H3. The minimum Gasteiger partial charge on any atom is -0.408 e. The molecule has 14 heavy (non-hydrogen) atoms. The molecule has 0 aromatic heterocycles. The van der Waals surface area contributed by atoms with Crippen LogP contribution in [0.25, 0.3) is 0 Å². The molecule has 1 rings (SSSR count). The Balaban J connectivity index is 2.95. The molecule has 0 aliphatic rings. The second kappa shape index (κ2) is 4.48. The van der Waals surface area contributed by atoms with Gasteiger partial charge in [-0.05, 0) is 12.1 Å². The molecule has 0 N–H and O–H groups in total. The quantitative estimate of drug-likeness (QED) is 0.538. The van der Waals surface area contributed by atoms with Crippen LogP contribution in [0.1, 0.15) is 24.2 Å². The topological polar surface area (TPSA) is 26.3 Å². The molecule has 0 aliphatic heterocycles. The summed E-state index contributed by atoms with van der Waals surface area (Å²) in [5.74, 6) is 0.600. The molecule has 0 heterocycles. The van der Waals surface area contributed by atoms with Crippen LogP contribution in [0.2, 0.25) is 0 Å². The third-order valence-electron chi connectivity index (χ3n) is 1.82. The number of benzene rings is 1. The molecule has 0 bridgehead atoms. The van der Waals surface area contributed by atoms with Crippen molar-refractivity contribution in [2.45, 2.75) is 13.8 Å². The minimum absolute atomic E-state index is 0.0175. The number of rotatable bonds is 3. The lowest BCUT2D eigenvalue weighted by Crippen LogP contribution is -2.07. The summed E-state index contributed by atoms with van der Waals surface area (Å²) in [5, 5.41) is 0. The lowest BCUT2D eigenvalue weighted by molar-refractivity contribution is 0.0939. The van der Waals surface area contributed by atoms with Gasteiger partial charge in [0.25, 0.3) is 0 Å². The van der Waals surface area contributed by atoms with E-state index >= 15 is 0 Å². The summed E-state index contributed by atoms with van der Waals surface area (Å²) in [4.78, 5) is 11.6. The molecule has 2 nitrogen and oxygen atoms in total. The van der Waals surface area contributed by atoms with Gasteiger partial charge in [0.1, 0.15) is 11.9 Å². The Morgan fingerprint density at radius 3 is 2.79 bits per heavy atom. The zero-order valence-electron chi connectivity index (χ0n) is 8.28. The third kappa shape index (κ3) is 2.37. The molecule has 0 saturated carbocycles. The molecule has 1 aromatic rings. The Hall–Kier alpha value is -1.75. The Kier molecular flexibility index (Phi) is 3.30. The molecule has 0 fully saturated rings. The van der Waals surface area contributed by atoms with Gasteiger partial charge in [-0.25, -0.2) is 0 Å². The molecule has 0 aliphatic carbocycles. The third-order valence-corrected chi connectivity index (χ3v) is 1.82. The van der Waals surface area contributed by atoms with Crippen molar-refractivity contribution in [1.82, 2.24) is 0 Å². The number of carbonyl (C=O) groups is 1. The monoisotopic (exact) mass is 188 g/mol. The van der Waals surface area contributed by atoms with Gasteiger partial charge in [0.2, 0.25) is 0 Å². The number of ether oxygens (including phenoxy) is 1. The van der Waals surface area contributed by atoms with Crippen molar-refractivity contribution in [2.24, 2.45) is 5.92 Å². The van der Waals surface area contributed by atoms with Crippen molar-refractivity contribution in [1.29, 1.82) is 0 Å². The summed E-state index contributed by atoms with van der Waals surface area (Å²) in [5.41, 5.74) is 0.632. The number of hydrogen-bond donors (Lipinski definition) is 0. The first-order valence-corrected chi connectivity index (χ1v) is 4.42. The first kappa shape index (κ1) is 10.3. The van der Waals surface area contributed by atoms with Crippen LogP contribution in [-0.2, 0) is 0 Å². The maximum Gasteiger partial charge on any atom is 0.165 e. The zero-order valence-corrected chi connectivity index (χ0v) is 8.28. The Morgan fingerprint density at radius 2 is 2.21 bits per heavy atom. The van der Waals surface area contributed by atoms with Gasteiger partial charge >= 0.3 is 0 Å². The lowest BCUT2D eigenvalue weighted by atomic mass is 10.0. The van der Waals surface area contributed by atoms with Crippen molar-refractivity contribution in [3.8, 4) is 18.3 Å². The van der Waals surface area contributed by atoms with Gasteiger partial charge in [-0.2, -0.15) is 0 Å². The van der Waals surface area contributed by atoms with Gasteiger partial charge in [0, 0.05) is 11.5 Å². The molecule has 0 saturated heterocycles. The van der Waals surface area contributed by atoms with Crippen LogP contribution in [-0.4, -0.2) is 5.78 Å². The van der Waals surface area contributed by atoms with E-state index in [4.69, 9.17) is 11.2 Å². The number of hydrogen-bond acceptors (Lipinski definition) is 2. The molecule has 2 heteroatoms. The molecule has 0 atom stereocenters. The van der Waals surface area contributed by atoms with Gasteiger partial charge in [-0.3, -0.25) is 4.79 Å². The van der Waals surface area contributed by atoms with Crippen molar-refractivity contribution >= 4 is 5.78 Å². The Labute approximate surface area is 83.9 Å². The predicted octanol–water partition coefficient (Wildman–Crippen LogP) is 2.49. The molecule has 0 spiro atoms. The van der Waals surface area contributed by atoms with Crippen molar-refractivity contribution in [3.63, 3.8) is 0 Å². The average Bonchev–Trinajstić information content (AvgIpc) is 2.17. The molecule has 72 valence electrons. The zero-order chi connectivity index (χ0) is 10.6. The summed E-state index contributed by atoms with van der Waals surface area (Å²) in [6.07, 6.45) is 7.06. The van der Waals surface area contributed by atoms with Gasteiger partial charge in [0.15, 0.2) is 5.78 Å². The van der Waals surface area contributed by atoms with Crippen LogP contribution in [0.3, 0.4) is 0 Å². The van der Waals surface area contributed by atoms with Gasteiger partial charge in [-0.15, -0.1) is 0 Å². The van der Waals surface area contributed by atoms with Crippen LogP contribution >= 0.6 is 0 Å². The molecule has 0 radical (unpaired) electrons. The van der Waals surface area contributed by atoms with E-state index in [0.29, 0.717) is 11.3 Å². The van der Waals surface area contributed by atoms with E-state index in [9.17, 15) is 4.79 Å². The SMILES string of the molecule is C#COc1cccc(C(=O)C(C)C)c1. The van der Waals surface area contributed by atoms with Crippen LogP contribution in [0.4, 0.5) is 0 Å². The highest BCUT2D eigenvalue weighted by Gasteiger charge is 2.10. The van der Waals surface area contributed by atoms with E-state index < -0.39 is 0 Å². The Morgan fingerprint density at radius 1 is 1.50 bits per heavy atom.